The summed E-state index contributed by atoms with van der Waals surface area (Å²) in [5, 5.41) is 5.14. The summed E-state index contributed by atoms with van der Waals surface area (Å²) in [4.78, 5) is 23.2. The molecule has 0 spiro atoms. The summed E-state index contributed by atoms with van der Waals surface area (Å²) in [5.74, 6) is 1.25. The van der Waals surface area contributed by atoms with Crippen molar-refractivity contribution in [2.45, 2.75) is 12.3 Å². The molecule has 0 atom stereocenters. The molecular weight excluding hydrogens is 354 g/mol. The van der Waals surface area contributed by atoms with E-state index in [1.165, 1.54) is 0 Å². The number of aromatic nitrogens is 4. The zero-order valence-electron chi connectivity index (χ0n) is 15.4. The lowest BCUT2D eigenvalue weighted by Crippen LogP contribution is -2.49. The van der Waals surface area contributed by atoms with Gasteiger partial charge in [0.1, 0.15) is 5.69 Å². The SMILES string of the molecule is Cn1cc(CC(=O)N2CC(c3nc(-c4ccccn4)no3)C2)c2ccccc21. The Kier molecular flexibility index (Phi) is 3.93. The molecule has 1 saturated heterocycles. The Morgan fingerprint density at radius 1 is 1.18 bits per heavy atom. The zero-order valence-corrected chi connectivity index (χ0v) is 15.4. The van der Waals surface area contributed by atoms with Crippen LogP contribution in [-0.2, 0) is 18.3 Å². The van der Waals surface area contributed by atoms with Crippen LogP contribution in [0.1, 0.15) is 17.4 Å². The Labute approximate surface area is 161 Å². The second kappa shape index (κ2) is 6.60. The molecule has 0 unspecified atom stereocenters. The number of fused-ring (bicyclic) bond motifs is 1. The summed E-state index contributed by atoms with van der Waals surface area (Å²) >= 11 is 0. The summed E-state index contributed by atoms with van der Waals surface area (Å²) < 4.78 is 7.45. The van der Waals surface area contributed by atoms with Gasteiger partial charge < -0.3 is 14.0 Å². The highest BCUT2D eigenvalue weighted by Gasteiger charge is 2.35. The molecule has 1 aliphatic rings. The fourth-order valence-electron chi connectivity index (χ4n) is 3.68. The average molecular weight is 373 g/mol. The van der Waals surface area contributed by atoms with Crippen LogP contribution >= 0.6 is 0 Å². The molecule has 1 fully saturated rings. The van der Waals surface area contributed by atoms with E-state index < -0.39 is 0 Å². The largest absolute Gasteiger partial charge is 0.350 e. The number of likely N-dealkylation sites (tertiary alicyclic amines) is 1. The quantitative estimate of drug-likeness (QED) is 0.550. The lowest BCUT2D eigenvalue weighted by atomic mass is 9.98. The van der Waals surface area contributed by atoms with Crippen molar-refractivity contribution in [1.82, 2.24) is 24.6 Å². The second-order valence-electron chi connectivity index (χ2n) is 7.13. The topological polar surface area (TPSA) is 77.1 Å². The van der Waals surface area contributed by atoms with Crippen LogP contribution in [0.3, 0.4) is 0 Å². The van der Waals surface area contributed by atoms with Crippen LogP contribution < -0.4 is 0 Å². The molecular formula is C21H19N5O2. The van der Waals surface area contributed by atoms with Crippen LogP contribution in [0, 0.1) is 0 Å². The first-order valence-electron chi connectivity index (χ1n) is 9.25. The number of benzene rings is 1. The van der Waals surface area contributed by atoms with Gasteiger partial charge in [-0.05, 0) is 23.8 Å². The smallest absolute Gasteiger partial charge is 0.233 e. The number of aryl methyl sites for hydroxylation is 1. The molecule has 0 saturated carbocycles. The predicted molar refractivity (Wildman–Crippen MR) is 103 cm³/mol. The van der Waals surface area contributed by atoms with Gasteiger partial charge in [-0.1, -0.05) is 29.4 Å². The summed E-state index contributed by atoms with van der Waals surface area (Å²) in [7, 11) is 2.00. The van der Waals surface area contributed by atoms with Gasteiger partial charge in [0, 0.05) is 43.4 Å². The molecule has 1 aliphatic heterocycles. The van der Waals surface area contributed by atoms with Crippen LogP contribution in [0.4, 0.5) is 0 Å². The Hall–Kier alpha value is -3.48. The van der Waals surface area contributed by atoms with E-state index in [1.54, 1.807) is 6.20 Å². The number of hydrogen-bond donors (Lipinski definition) is 0. The third kappa shape index (κ3) is 2.85. The molecule has 7 heteroatoms. The maximum atomic E-state index is 12.7. The van der Waals surface area contributed by atoms with E-state index in [2.05, 4.69) is 31.8 Å². The summed E-state index contributed by atoms with van der Waals surface area (Å²) in [6.45, 7) is 1.21. The lowest BCUT2D eigenvalue weighted by Gasteiger charge is -2.37. The first-order valence-corrected chi connectivity index (χ1v) is 9.25. The van der Waals surface area contributed by atoms with E-state index in [0.717, 1.165) is 16.5 Å². The number of hydrogen-bond acceptors (Lipinski definition) is 5. The maximum Gasteiger partial charge on any atom is 0.233 e. The number of para-hydroxylation sites is 1. The van der Waals surface area contributed by atoms with Gasteiger partial charge in [0.25, 0.3) is 0 Å². The van der Waals surface area contributed by atoms with Crippen molar-refractivity contribution in [2.75, 3.05) is 13.1 Å². The third-order valence-electron chi connectivity index (χ3n) is 5.24. The van der Waals surface area contributed by atoms with Crippen LogP contribution in [0.25, 0.3) is 22.4 Å². The molecule has 0 radical (unpaired) electrons. The Balaban J connectivity index is 1.24. The van der Waals surface area contributed by atoms with Gasteiger partial charge in [0.05, 0.1) is 12.3 Å². The molecule has 4 heterocycles. The van der Waals surface area contributed by atoms with E-state index in [0.29, 0.717) is 36.9 Å². The minimum atomic E-state index is 0.0847. The monoisotopic (exact) mass is 373 g/mol. The molecule has 1 aromatic carbocycles. The number of pyridine rings is 1. The van der Waals surface area contributed by atoms with E-state index in [9.17, 15) is 4.79 Å². The zero-order chi connectivity index (χ0) is 19.1. The standard InChI is InChI=1S/C21H19N5O2/c1-25-11-14(16-6-2-3-8-18(16)25)10-19(27)26-12-15(13-26)21-23-20(24-28-21)17-7-4-5-9-22-17/h2-9,11,15H,10,12-13H2,1H3. The van der Waals surface area contributed by atoms with Gasteiger partial charge in [-0.15, -0.1) is 0 Å². The number of rotatable bonds is 4. The van der Waals surface area contributed by atoms with Crippen LogP contribution in [0.5, 0.6) is 0 Å². The number of carbonyl (C=O) groups excluding carboxylic acids is 1. The first kappa shape index (κ1) is 16.7. The molecule has 5 rings (SSSR count). The maximum absolute atomic E-state index is 12.7. The van der Waals surface area contributed by atoms with Crippen molar-refractivity contribution in [2.24, 2.45) is 7.05 Å². The fraction of sp³-hybridized carbons (Fsp3) is 0.238. The van der Waals surface area contributed by atoms with Crippen LogP contribution in [0.2, 0.25) is 0 Å². The molecule has 7 nitrogen and oxygen atoms in total. The summed E-state index contributed by atoms with van der Waals surface area (Å²) in [6.07, 6.45) is 4.14. The average Bonchev–Trinajstić information content (AvgIpc) is 3.28. The predicted octanol–water partition coefficient (Wildman–Crippen LogP) is 2.79. The van der Waals surface area contributed by atoms with Crippen molar-refractivity contribution in [1.29, 1.82) is 0 Å². The molecule has 4 aromatic rings. The molecule has 1 amide bonds. The Morgan fingerprint density at radius 2 is 2.00 bits per heavy atom. The van der Waals surface area contributed by atoms with Gasteiger partial charge >= 0.3 is 0 Å². The first-order chi connectivity index (χ1) is 13.7. The highest BCUT2D eigenvalue weighted by molar-refractivity contribution is 5.89. The van der Waals surface area contributed by atoms with Crippen LogP contribution in [-0.4, -0.2) is 43.6 Å². The third-order valence-corrected chi connectivity index (χ3v) is 5.24. The van der Waals surface area contributed by atoms with E-state index in [1.807, 2.05) is 48.5 Å². The number of nitrogens with zero attached hydrogens (tertiary/aromatic N) is 5. The highest BCUT2D eigenvalue weighted by Crippen LogP contribution is 2.29. The van der Waals surface area contributed by atoms with Gasteiger partial charge in [0.15, 0.2) is 0 Å². The van der Waals surface area contributed by atoms with Crippen molar-refractivity contribution in [3.05, 3.63) is 66.3 Å². The summed E-state index contributed by atoms with van der Waals surface area (Å²) in [6, 6.07) is 13.7. The second-order valence-corrected chi connectivity index (χ2v) is 7.13. The van der Waals surface area contributed by atoms with Crippen molar-refractivity contribution >= 4 is 16.8 Å². The lowest BCUT2D eigenvalue weighted by molar-refractivity contribution is -0.135. The van der Waals surface area contributed by atoms with E-state index in [-0.39, 0.29) is 11.8 Å². The number of amides is 1. The van der Waals surface area contributed by atoms with Crippen molar-refractivity contribution in [3.8, 4) is 11.5 Å². The van der Waals surface area contributed by atoms with Gasteiger partial charge in [-0.3, -0.25) is 9.78 Å². The minimum Gasteiger partial charge on any atom is -0.350 e. The Bertz CT molecular complexity index is 1140. The highest BCUT2D eigenvalue weighted by atomic mass is 16.5. The fourth-order valence-corrected chi connectivity index (χ4v) is 3.68. The van der Waals surface area contributed by atoms with Gasteiger partial charge in [-0.25, -0.2) is 0 Å². The van der Waals surface area contributed by atoms with E-state index >= 15 is 0 Å². The van der Waals surface area contributed by atoms with Gasteiger partial charge in [0.2, 0.25) is 17.6 Å². The van der Waals surface area contributed by atoms with Crippen molar-refractivity contribution < 1.29 is 9.32 Å². The normalized spacial score (nSPS) is 14.4. The number of carbonyl (C=O) groups is 1. The minimum absolute atomic E-state index is 0.0847. The molecule has 0 aliphatic carbocycles. The Morgan fingerprint density at radius 3 is 2.82 bits per heavy atom. The molecule has 0 N–H and O–H groups in total. The molecule has 3 aromatic heterocycles. The molecule has 140 valence electrons. The molecule has 28 heavy (non-hydrogen) atoms. The van der Waals surface area contributed by atoms with E-state index in [4.69, 9.17) is 4.52 Å². The molecule has 0 bridgehead atoms. The van der Waals surface area contributed by atoms with Crippen molar-refractivity contribution in [3.63, 3.8) is 0 Å². The summed E-state index contributed by atoms with van der Waals surface area (Å²) in [5.41, 5.74) is 2.88. The van der Waals surface area contributed by atoms with Gasteiger partial charge in [-0.2, -0.15) is 4.98 Å². The van der Waals surface area contributed by atoms with Crippen LogP contribution in [0.15, 0.2) is 59.4 Å².